The summed E-state index contributed by atoms with van der Waals surface area (Å²) in [5, 5.41) is 9.70. The lowest BCUT2D eigenvalue weighted by atomic mass is 10.0. The molecule has 5 nitrogen and oxygen atoms in total. The van der Waals surface area contributed by atoms with Crippen molar-refractivity contribution >= 4 is 11.9 Å². The van der Waals surface area contributed by atoms with Crippen molar-refractivity contribution in [2.45, 2.75) is 328 Å². The minimum absolute atomic E-state index is 0.0764. The Morgan fingerprint density at radius 3 is 0.805 bits per heavy atom. The molecule has 0 saturated heterocycles. The van der Waals surface area contributed by atoms with E-state index in [0.717, 1.165) is 109 Å². The molecule has 1 N–H and O–H groups in total. The fraction of sp³-hybridized carbons (Fsp3) is 0.688. The predicted octanol–water partition coefficient (Wildman–Crippen LogP) is 24.3. The molecular formula is C77H130O5. The van der Waals surface area contributed by atoms with Crippen molar-refractivity contribution in [2.75, 3.05) is 13.2 Å². The van der Waals surface area contributed by atoms with Crippen LogP contribution >= 0.6 is 0 Å². The van der Waals surface area contributed by atoms with Crippen LogP contribution in [0.5, 0.6) is 0 Å². The van der Waals surface area contributed by atoms with Crippen LogP contribution in [0.15, 0.2) is 134 Å². The first kappa shape index (κ1) is 78.0. The van der Waals surface area contributed by atoms with Crippen molar-refractivity contribution in [2.24, 2.45) is 0 Å². The van der Waals surface area contributed by atoms with Gasteiger partial charge in [-0.3, -0.25) is 9.59 Å². The summed E-state index contributed by atoms with van der Waals surface area (Å²) in [6, 6.07) is 0. The van der Waals surface area contributed by atoms with Crippen LogP contribution in [0, 0.1) is 0 Å². The number of carbonyl (C=O) groups is 2. The molecule has 0 aliphatic heterocycles. The van der Waals surface area contributed by atoms with Gasteiger partial charge in [0, 0.05) is 12.8 Å². The number of carbonyl (C=O) groups excluding carboxylic acids is 2. The van der Waals surface area contributed by atoms with E-state index in [1.165, 1.54) is 186 Å². The van der Waals surface area contributed by atoms with Crippen LogP contribution in [0.3, 0.4) is 0 Å². The molecule has 0 aromatic rings. The molecule has 0 aliphatic carbocycles. The zero-order valence-electron chi connectivity index (χ0n) is 53.7. The highest BCUT2D eigenvalue weighted by molar-refractivity contribution is 5.70. The lowest BCUT2D eigenvalue weighted by Crippen LogP contribution is -2.28. The summed E-state index contributed by atoms with van der Waals surface area (Å²) in [7, 11) is 0. The lowest BCUT2D eigenvalue weighted by Gasteiger charge is -2.15. The standard InChI is InChI=1S/C77H130O5/c1-3-5-7-9-11-13-15-17-19-21-23-25-27-29-31-33-35-36-37-38-39-40-42-44-46-48-50-52-54-56-58-60-62-64-66-68-70-72-77(80)82-75(73-78)74-81-76(79)71-69-67-65-63-61-59-57-55-53-51-49-47-45-43-41-34-32-30-28-26-24-22-20-18-16-14-12-10-8-6-4-2/h5,7,11,13,17,19,22-25,29,31,35-36,38-39,42,44,48,50,54,56,75,78H,3-4,6,8-10,12,14-16,18,20-21,26-28,30,32-34,37,40-41,43,45-47,49,51-53,55,57-74H2,1-2H3/b7-5-,13-11-,19-17-,24-22-,25-23-,31-29-,36-35-,39-38-,44-42-,50-48-,56-54-. The largest absolute Gasteiger partial charge is 0.462 e. The third-order valence-corrected chi connectivity index (χ3v) is 14.9. The first-order valence-corrected chi connectivity index (χ1v) is 34.7. The van der Waals surface area contributed by atoms with Crippen molar-refractivity contribution in [1.29, 1.82) is 0 Å². The quantitative estimate of drug-likeness (QED) is 0.0373. The van der Waals surface area contributed by atoms with Gasteiger partial charge in [0.25, 0.3) is 0 Å². The number of aliphatic hydroxyl groups is 1. The summed E-state index contributed by atoms with van der Waals surface area (Å²) in [4.78, 5) is 24.6. The summed E-state index contributed by atoms with van der Waals surface area (Å²) >= 11 is 0. The molecule has 1 unspecified atom stereocenters. The van der Waals surface area contributed by atoms with Crippen LogP contribution in [-0.4, -0.2) is 36.4 Å². The smallest absolute Gasteiger partial charge is 0.306 e. The average Bonchev–Trinajstić information content (AvgIpc) is 3.49. The maximum Gasteiger partial charge on any atom is 0.306 e. The number of unbranched alkanes of at least 4 members (excludes halogenated alkanes) is 33. The van der Waals surface area contributed by atoms with Gasteiger partial charge in [0.05, 0.1) is 6.61 Å². The van der Waals surface area contributed by atoms with Crippen LogP contribution in [0.4, 0.5) is 0 Å². The van der Waals surface area contributed by atoms with E-state index in [9.17, 15) is 14.7 Å². The van der Waals surface area contributed by atoms with E-state index in [1.54, 1.807) is 0 Å². The van der Waals surface area contributed by atoms with Crippen molar-refractivity contribution in [3.8, 4) is 0 Å². The van der Waals surface area contributed by atoms with Gasteiger partial charge in [-0.25, -0.2) is 0 Å². The highest BCUT2D eigenvalue weighted by atomic mass is 16.6. The second-order valence-corrected chi connectivity index (χ2v) is 22.9. The number of hydrogen-bond donors (Lipinski definition) is 1. The third-order valence-electron chi connectivity index (χ3n) is 14.9. The summed E-state index contributed by atoms with van der Waals surface area (Å²) in [6.45, 7) is 4.04. The minimum Gasteiger partial charge on any atom is -0.462 e. The Morgan fingerprint density at radius 2 is 0.524 bits per heavy atom. The van der Waals surface area contributed by atoms with E-state index >= 15 is 0 Å². The number of esters is 2. The maximum atomic E-state index is 12.4. The lowest BCUT2D eigenvalue weighted by molar-refractivity contribution is -0.161. The highest BCUT2D eigenvalue weighted by Crippen LogP contribution is 2.17. The molecular weight excluding hydrogens is 1000 g/mol. The van der Waals surface area contributed by atoms with Gasteiger partial charge in [0.2, 0.25) is 0 Å². The highest BCUT2D eigenvalue weighted by Gasteiger charge is 2.16. The van der Waals surface area contributed by atoms with Crippen LogP contribution in [0.25, 0.3) is 0 Å². The van der Waals surface area contributed by atoms with Gasteiger partial charge >= 0.3 is 11.9 Å². The molecule has 468 valence electrons. The van der Waals surface area contributed by atoms with E-state index in [1.807, 2.05) is 0 Å². The van der Waals surface area contributed by atoms with E-state index < -0.39 is 6.10 Å². The van der Waals surface area contributed by atoms with E-state index in [2.05, 4.69) is 148 Å². The minimum atomic E-state index is -0.790. The Bertz CT molecular complexity index is 1670. The summed E-state index contributed by atoms with van der Waals surface area (Å²) in [5.41, 5.74) is 0. The molecule has 0 rings (SSSR count). The van der Waals surface area contributed by atoms with Crippen LogP contribution in [0.2, 0.25) is 0 Å². The Balaban J connectivity index is 3.55. The molecule has 0 spiro atoms. The van der Waals surface area contributed by atoms with Crippen LogP contribution in [-0.2, 0) is 19.1 Å². The number of hydrogen-bond acceptors (Lipinski definition) is 5. The van der Waals surface area contributed by atoms with Gasteiger partial charge in [-0.05, 0) is 116 Å². The van der Waals surface area contributed by atoms with E-state index in [4.69, 9.17) is 9.47 Å². The summed E-state index contributed by atoms with van der Waals surface area (Å²) < 4.78 is 10.7. The molecule has 0 aromatic carbocycles. The monoisotopic (exact) mass is 1130 g/mol. The summed E-state index contributed by atoms with van der Waals surface area (Å²) in [6.07, 6.45) is 106. The normalized spacial score (nSPS) is 13.1. The Hall–Kier alpha value is -3.96. The van der Waals surface area contributed by atoms with E-state index in [-0.39, 0.29) is 25.2 Å². The molecule has 5 heteroatoms. The topological polar surface area (TPSA) is 72.8 Å². The SMILES string of the molecule is CC/C=C\C/C=C\C/C=C\C/C=C\C/C=C\C/C=C\C/C=C\C/C=C\C/C=C\C/C=C\CCCCCCCCC(=O)OC(CO)COC(=O)CCCCCCCCCCCCCCCCCCCCC/C=C\CCCCCCCCCC. The molecule has 0 aromatic heterocycles. The molecule has 1 atom stereocenters. The third kappa shape index (κ3) is 68.5. The molecule has 0 fully saturated rings. The van der Waals surface area contributed by atoms with Gasteiger partial charge in [-0.1, -0.05) is 327 Å². The number of ether oxygens (including phenoxy) is 2. The van der Waals surface area contributed by atoms with Gasteiger partial charge in [0.15, 0.2) is 6.10 Å². The predicted molar refractivity (Wildman–Crippen MR) is 361 cm³/mol. The fourth-order valence-corrected chi connectivity index (χ4v) is 9.76. The first-order chi connectivity index (χ1) is 40.6. The second kappa shape index (κ2) is 71.3. The number of rotatable bonds is 63. The maximum absolute atomic E-state index is 12.4. The molecule has 0 aliphatic rings. The first-order valence-electron chi connectivity index (χ1n) is 34.7. The number of allylic oxidation sites excluding steroid dienone is 22. The van der Waals surface area contributed by atoms with Gasteiger partial charge in [-0.15, -0.1) is 0 Å². The van der Waals surface area contributed by atoms with Crippen molar-refractivity contribution in [3.63, 3.8) is 0 Å². The average molecular weight is 1140 g/mol. The van der Waals surface area contributed by atoms with Crippen molar-refractivity contribution in [1.82, 2.24) is 0 Å². The summed E-state index contributed by atoms with van der Waals surface area (Å²) in [5.74, 6) is -0.604. The Labute approximate surface area is 508 Å². The number of aliphatic hydroxyl groups excluding tert-OH is 1. The molecule has 0 amide bonds. The van der Waals surface area contributed by atoms with Crippen LogP contribution in [0.1, 0.15) is 322 Å². The zero-order valence-corrected chi connectivity index (χ0v) is 53.7. The Kier molecular flexibility index (Phi) is 67.9. The molecule has 82 heavy (non-hydrogen) atoms. The van der Waals surface area contributed by atoms with Gasteiger partial charge in [0.1, 0.15) is 6.61 Å². The fourth-order valence-electron chi connectivity index (χ4n) is 9.76. The molecule has 0 bridgehead atoms. The van der Waals surface area contributed by atoms with Crippen molar-refractivity contribution in [3.05, 3.63) is 134 Å². The van der Waals surface area contributed by atoms with Crippen LogP contribution < -0.4 is 0 Å². The Morgan fingerprint density at radius 1 is 0.293 bits per heavy atom. The second-order valence-electron chi connectivity index (χ2n) is 22.9. The molecule has 0 radical (unpaired) electrons. The molecule has 0 saturated carbocycles. The van der Waals surface area contributed by atoms with Gasteiger partial charge in [-0.2, -0.15) is 0 Å². The van der Waals surface area contributed by atoms with Gasteiger partial charge < -0.3 is 14.6 Å². The van der Waals surface area contributed by atoms with E-state index in [0.29, 0.717) is 12.8 Å². The molecule has 0 heterocycles. The zero-order chi connectivity index (χ0) is 59.1. The van der Waals surface area contributed by atoms with Crippen molar-refractivity contribution < 1.29 is 24.2 Å².